The summed E-state index contributed by atoms with van der Waals surface area (Å²) in [5, 5.41) is 11.5. The molecule has 0 bridgehead atoms. The van der Waals surface area contributed by atoms with Crippen molar-refractivity contribution in [2.24, 2.45) is 0 Å². The Labute approximate surface area is 236 Å². The molecule has 3 N–H and O–H groups in total. The van der Waals surface area contributed by atoms with Crippen molar-refractivity contribution in [1.82, 2.24) is 34.5 Å². The Bertz CT molecular complexity index is 1580. The number of hydrogen-bond donors (Lipinski definition) is 2. The fourth-order valence-corrected chi connectivity index (χ4v) is 4.96. The lowest BCUT2D eigenvalue weighted by molar-refractivity contribution is -0.174. The first kappa shape index (κ1) is 27.0. The first-order valence-corrected chi connectivity index (χ1v) is 13.8. The quantitative estimate of drug-likeness (QED) is 0.276. The van der Waals surface area contributed by atoms with Crippen molar-refractivity contribution in [3.8, 4) is 0 Å². The molecule has 1 amide bonds. The second kappa shape index (κ2) is 11.0. The number of carbonyl (C=O) groups is 2. The molecule has 41 heavy (non-hydrogen) atoms. The van der Waals surface area contributed by atoms with Crippen molar-refractivity contribution in [3.05, 3.63) is 53.9 Å². The minimum atomic E-state index is -0.576. The van der Waals surface area contributed by atoms with E-state index in [2.05, 4.69) is 30.6 Å². The van der Waals surface area contributed by atoms with E-state index in [1.54, 1.807) is 24.7 Å². The number of carbonyl (C=O) groups excluding carboxylic acids is 2. The number of nitrogen functional groups attached to an aromatic ring is 1. The fraction of sp³-hybridized carbons (Fsp3) is 0.464. The van der Waals surface area contributed by atoms with Gasteiger partial charge in [0, 0.05) is 48.3 Å². The maximum absolute atomic E-state index is 13.8. The molecular weight excluding hydrogens is 526 g/mol. The van der Waals surface area contributed by atoms with Crippen LogP contribution in [0.15, 0.2) is 37.1 Å². The summed E-state index contributed by atoms with van der Waals surface area (Å²) in [4.78, 5) is 39.2. The SMILES string of the molecule is CC(C)(COC1CCCCO1)n1cc(C(=O)c2cncc(NC(=O)Cn3cc(C4CC4)nn3)c2)c2cnc(N)nc21. The monoisotopic (exact) mass is 559 g/mol. The number of anilines is 2. The minimum absolute atomic E-state index is 0.00714. The van der Waals surface area contributed by atoms with Gasteiger partial charge in [0.05, 0.1) is 35.3 Å². The molecule has 2 fully saturated rings. The summed E-state index contributed by atoms with van der Waals surface area (Å²) in [5.74, 6) is -0.0297. The molecule has 0 spiro atoms. The summed E-state index contributed by atoms with van der Waals surface area (Å²) in [6, 6.07) is 1.60. The summed E-state index contributed by atoms with van der Waals surface area (Å²) in [6.45, 7) is 5.04. The van der Waals surface area contributed by atoms with Gasteiger partial charge in [0.25, 0.3) is 0 Å². The third-order valence-corrected chi connectivity index (χ3v) is 7.36. The van der Waals surface area contributed by atoms with Crippen LogP contribution < -0.4 is 11.1 Å². The number of ketones is 1. The Morgan fingerprint density at radius 1 is 1.17 bits per heavy atom. The largest absolute Gasteiger partial charge is 0.368 e. The molecule has 1 unspecified atom stereocenters. The molecule has 4 aromatic rings. The average Bonchev–Trinajstić information content (AvgIpc) is 3.59. The molecule has 5 heterocycles. The second-order valence-corrected chi connectivity index (χ2v) is 11.3. The van der Waals surface area contributed by atoms with Gasteiger partial charge in [-0.2, -0.15) is 4.98 Å². The van der Waals surface area contributed by atoms with Crippen LogP contribution in [-0.4, -0.2) is 65.7 Å². The van der Waals surface area contributed by atoms with Gasteiger partial charge >= 0.3 is 0 Å². The molecule has 6 rings (SSSR count). The average molecular weight is 560 g/mol. The lowest BCUT2D eigenvalue weighted by atomic mass is 10.1. The van der Waals surface area contributed by atoms with Gasteiger partial charge < -0.3 is 25.1 Å². The smallest absolute Gasteiger partial charge is 0.246 e. The van der Waals surface area contributed by atoms with Gasteiger partial charge in [0.2, 0.25) is 11.9 Å². The number of aromatic nitrogens is 7. The van der Waals surface area contributed by atoms with Gasteiger partial charge in [-0.1, -0.05) is 5.21 Å². The van der Waals surface area contributed by atoms with Crippen molar-refractivity contribution < 1.29 is 19.1 Å². The minimum Gasteiger partial charge on any atom is -0.368 e. The topological polar surface area (TPSA) is 165 Å². The van der Waals surface area contributed by atoms with Crippen molar-refractivity contribution in [2.45, 2.75) is 70.2 Å². The highest BCUT2D eigenvalue weighted by Crippen LogP contribution is 2.38. The predicted octanol–water partition coefficient (Wildman–Crippen LogP) is 3.03. The van der Waals surface area contributed by atoms with E-state index in [1.165, 1.54) is 17.1 Å². The van der Waals surface area contributed by atoms with Gasteiger partial charge in [0.15, 0.2) is 12.1 Å². The van der Waals surface area contributed by atoms with Crippen LogP contribution in [0.2, 0.25) is 0 Å². The van der Waals surface area contributed by atoms with Gasteiger partial charge in [-0.3, -0.25) is 14.6 Å². The van der Waals surface area contributed by atoms with E-state index in [0.717, 1.165) is 37.8 Å². The third kappa shape index (κ3) is 5.95. The number of nitrogens with two attached hydrogens (primary N) is 1. The van der Waals surface area contributed by atoms with E-state index >= 15 is 0 Å². The zero-order valence-electron chi connectivity index (χ0n) is 23.1. The van der Waals surface area contributed by atoms with Crippen LogP contribution >= 0.6 is 0 Å². The first-order chi connectivity index (χ1) is 19.8. The Kier molecular flexibility index (Phi) is 7.22. The standard InChI is InChI=1S/C28H33N9O4/c1-28(2,16-41-24-5-3-4-8-40-24)37-13-21(20-12-31-27(29)33-26(20)37)25(39)18-9-19(11-30-10-18)32-23(38)15-36-14-22(34-35-36)17-6-7-17/h9-14,17,24H,3-8,15-16H2,1-2H3,(H,32,38)(H2,29,31,33). The summed E-state index contributed by atoms with van der Waals surface area (Å²) in [7, 11) is 0. The normalized spacial score (nSPS) is 17.6. The number of nitrogens with one attached hydrogen (secondary N) is 1. The van der Waals surface area contributed by atoms with Crippen LogP contribution in [0.25, 0.3) is 11.0 Å². The molecule has 214 valence electrons. The first-order valence-electron chi connectivity index (χ1n) is 13.8. The number of amides is 1. The van der Waals surface area contributed by atoms with E-state index in [9.17, 15) is 9.59 Å². The van der Waals surface area contributed by atoms with E-state index in [1.807, 2.05) is 18.4 Å². The van der Waals surface area contributed by atoms with Crippen molar-refractivity contribution in [2.75, 3.05) is 24.3 Å². The molecule has 13 nitrogen and oxygen atoms in total. The fourth-order valence-electron chi connectivity index (χ4n) is 4.96. The maximum Gasteiger partial charge on any atom is 0.246 e. The third-order valence-electron chi connectivity index (χ3n) is 7.36. The number of pyridine rings is 1. The van der Waals surface area contributed by atoms with E-state index in [0.29, 0.717) is 47.0 Å². The highest BCUT2D eigenvalue weighted by atomic mass is 16.7. The van der Waals surface area contributed by atoms with Crippen LogP contribution in [0, 0.1) is 0 Å². The van der Waals surface area contributed by atoms with E-state index < -0.39 is 5.54 Å². The summed E-state index contributed by atoms with van der Waals surface area (Å²) in [6.07, 6.45) is 13.0. The Hall–Kier alpha value is -4.23. The Balaban J connectivity index is 1.21. The Morgan fingerprint density at radius 3 is 2.80 bits per heavy atom. The molecule has 0 aromatic carbocycles. The molecule has 2 aliphatic rings. The molecular formula is C28H33N9O4. The molecule has 1 saturated carbocycles. The Morgan fingerprint density at radius 2 is 2.02 bits per heavy atom. The van der Waals surface area contributed by atoms with Crippen LogP contribution in [-0.2, 0) is 26.4 Å². The number of nitrogens with zero attached hydrogens (tertiary/aromatic N) is 7. The van der Waals surface area contributed by atoms with E-state index in [4.69, 9.17) is 15.2 Å². The summed E-state index contributed by atoms with van der Waals surface area (Å²) in [5.41, 5.74) is 7.88. The highest BCUT2D eigenvalue weighted by molar-refractivity contribution is 6.16. The zero-order chi connectivity index (χ0) is 28.6. The summed E-state index contributed by atoms with van der Waals surface area (Å²) < 4.78 is 15.2. The van der Waals surface area contributed by atoms with Gasteiger partial charge in [0.1, 0.15) is 12.2 Å². The summed E-state index contributed by atoms with van der Waals surface area (Å²) >= 11 is 0. The lowest BCUT2D eigenvalue weighted by Crippen LogP contribution is -2.35. The second-order valence-electron chi connectivity index (χ2n) is 11.3. The van der Waals surface area contributed by atoms with Crippen LogP contribution in [0.4, 0.5) is 11.6 Å². The number of rotatable bonds is 10. The predicted molar refractivity (Wildman–Crippen MR) is 149 cm³/mol. The maximum atomic E-state index is 13.8. The lowest BCUT2D eigenvalue weighted by Gasteiger charge is -2.31. The van der Waals surface area contributed by atoms with Crippen LogP contribution in [0.5, 0.6) is 0 Å². The number of ether oxygens (including phenoxy) is 2. The number of fused-ring (bicyclic) bond motifs is 1. The van der Waals surface area contributed by atoms with Crippen molar-refractivity contribution in [3.63, 3.8) is 0 Å². The van der Waals surface area contributed by atoms with Crippen molar-refractivity contribution in [1.29, 1.82) is 0 Å². The molecule has 4 aromatic heterocycles. The van der Waals surface area contributed by atoms with Gasteiger partial charge in [-0.15, -0.1) is 5.10 Å². The van der Waals surface area contributed by atoms with E-state index in [-0.39, 0.29) is 30.5 Å². The number of hydrogen-bond acceptors (Lipinski definition) is 10. The molecule has 1 atom stereocenters. The molecule has 1 aliphatic heterocycles. The molecule has 13 heteroatoms. The molecule has 1 saturated heterocycles. The molecule has 1 aliphatic carbocycles. The van der Waals surface area contributed by atoms with Gasteiger partial charge in [-0.25, -0.2) is 9.67 Å². The van der Waals surface area contributed by atoms with Gasteiger partial charge in [-0.05, 0) is 52.0 Å². The van der Waals surface area contributed by atoms with Crippen molar-refractivity contribution >= 4 is 34.4 Å². The highest BCUT2D eigenvalue weighted by Gasteiger charge is 2.30. The molecule has 0 radical (unpaired) electrons. The zero-order valence-corrected chi connectivity index (χ0v) is 23.1. The van der Waals surface area contributed by atoms with Crippen LogP contribution in [0.3, 0.4) is 0 Å². The van der Waals surface area contributed by atoms with Crippen LogP contribution in [0.1, 0.15) is 73.5 Å².